The molecule has 16 heavy (non-hydrogen) atoms. The highest BCUT2D eigenvalue weighted by molar-refractivity contribution is 5.88. The van der Waals surface area contributed by atoms with E-state index in [4.69, 9.17) is 0 Å². The van der Waals surface area contributed by atoms with Gasteiger partial charge < -0.3 is 21.0 Å². The first kappa shape index (κ1) is 12.2. The Morgan fingerprint density at radius 1 is 1.38 bits per heavy atom. The molecule has 5 nitrogen and oxygen atoms in total. The molecule has 0 saturated heterocycles. The van der Waals surface area contributed by atoms with Crippen LogP contribution in [0.2, 0.25) is 0 Å². The number of quaternary nitrogens is 1. The molecule has 5 heteroatoms. The third-order valence-corrected chi connectivity index (χ3v) is 2.09. The number of rotatable bonds is 4. The highest BCUT2D eigenvalue weighted by atomic mass is 16.4. The number of aliphatic carboxylic acids is 1. The van der Waals surface area contributed by atoms with Crippen molar-refractivity contribution >= 4 is 17.6 Å². The van der Waals surface area contributed by atoms with Gasteiger partial charge in [0.2, 0.25) is 5.91 Å². The van der Waals surface area contributed by atoms with Crippen molar-refractivity contribution in [3.63, 3.8) is 0 Å². The summed E-state index contributed by atoms with van der Waals surface area (Å²) in [6.45, 7) is 1.43. The first-order chi connectivity index (χ1) is 7.49. The number of carboxylic acid groups (broad SMARTS) is 1. The van der Waals surface area contributed by atoms with Crippen molar-refractivity contribution < 1.29 is 20.4 Å². The van der Waals surface area contributed by atoms with E-state index in [9.17, 15) is 14.7 Å². The lowest BCUT2D eigenvalue weighted by Gasteiger charge is -2.09. The van der Waals surface area contributed by atoms with E-state index in [2.05, 4.69) is 11.1 Å². The van der Waals surface area contributed by atoms with Gasteiger partial charge >= 0.3 is 0 Å². The number of nitrogens with one attached hydrogen (secondary N) is 1. The lowest BCUT2D eigenvalue weighted by Crippen LogP contribution is -2.69. The third kappa shape index (κ3) is 3.70. The zero-order chi connectivity index (χ0) is 12.1. The van der Waals surface area contributed by atoms with Crippen LogP contribution in [0.5, 0.6) is 0 Å². The number of carbonyl (C=O) groups excluding carboxylic acids is 2. The zero-order valence-electron chi connectivity index (χ0n) is 9.03. The lowest BCUT2D eigenvalue weighted by molar-refractivity contribution is -0.437. The molecule has 1 rings (SSSR count). The van der Waals surface area contributed by atoms with Crippen LogP contribution in [0.1, 0.15) is 12.5 Å². The molecule has 0 aromatic heterocycles. The van der Waals surface area contributed by atoms with Gasteiger partial charge in [-0.3, -0.25) is 4.79 Å². The van der Waals surface area contributed by atoms with Crippen LogP contribution in [0.3, 0.4) is 0 Å². The number of benzene rings is 1. The van der Waals surface area contributed by atoms with E-state index in [1.54, 1.807) is 24.3 Å². The molecular weight excluding hydrogens is 208 g/mol. The van der Waals surface area contributed by atoms with Crippen molar-refractivity contribution in [3.05, 3.63) is 29.8 Å². The van der Waals surface area contributed by atoms with Gasteiger partial charge in [0.25, 0.3) is 0 Å². The predicted octanol–water partition coefficient (Wildman–Crippen LogP) is -1.45. The molecule has 0 saturated carbocycles. The van der Waals surface area contributed by atoms with Crippen LogP contribution in [0, 0.1) is 0 Å². The summed E-state index contributed by atoms with van der Waals surface area (Å²) in [5.41, 5.74) is 5.00. The topological polar surface area (TPSA) is 96.9 Å². The maximum absolute atomic E-state index is 10.8. The average Bonchev–Trinajstić information content (AvgIpc) is 2.20. The van der Waals surface area contributed by atoms with Crippen LogP contribution in [-0.4, -0.2) is 17.9 Å². The van der Waals surface area contributed by atoms with Crippen molar-refractivity contribution in [3.8, 4) is 0 Å². The van der Waals surface area contributed by atoms with Gasteiger partial charge in [0.05, 0.1) is 5.97 Å². The van der Waals surface area contributed by atoms with Crippen LogP contribution in [0.25, 0.3) is 0 Å². The fourth-order valence-electron chi connectivity index (χ4n) is 1.30. The maximum atomic E-state index is 10.8. The molecule has 0 aliphatic rings. The third-order valence-electron chi connectivity index (χ3n) is 2.09. The summed E-state index contributed by atoms with van der Waals surface area (Å²) in [4.78, 5) is 21.2. The van der Waals surface area contributed by atoms with Crippen LogP contribution in [-0.2, 0) is 16.0 Å². The molecule has 0 unspecified atom stereocenters. The molecule has 1 amide bonds. The van der Waals surface area contributed by atoms with Gasteiger partial charge in [0.15, 0.2) is 0 Å². The smallest absolute Gasteiger partial charge is 0.221 e. The number of amides is 1. The van der Waals surface area contributed by atoms with E-state index < -0.39 is 12.0 Å². The summed E-state index contributed by atoms with van der Waals surface area (Å²) in [5.74, 6) is -1.30. The second-order valence-electron chi connectivity index (χ2n) is 3.60. The van der Waals surface area contributed by atoms with E-state index in [0.29, 0.717) is 12.1 Å². The Hall–Kier alpha value is -1.88. The summed E-state index contributed by atoms with van der Waals surface area (Å²) < 4.78 is 0. The summed E-state index contributed by atoms with van der Waals surface area (Å²) in [7, 11) is 0. The van der Waals surface area contributed by atoms with Gasteiger partial charge in [-0.1, -0.05) is 12.1 Å². The number of anilines is 1. The molecule has 1 aromatic rings. The fraction of sp³-hybridized carbons (Fsp3) is 0.273. The van der Waals surface area contributed by atoms with Gasteiger partial charge in [-0.15, -0.1) is 0 Å². The van der Waals surface area contributed by atoms with Crippen molar-refractivity contribution in [2.45, 2.75) is 19.4 Å². The molecule has 4 N–H and O–H groups in total. The summed E-state index contributed by atoms with van der Waals surface area (Å²) >= 11 is 0. The Morgan fingerprint density at radius 2 is 1.94 bits per heavy atom. The minimum atomic E-state index is -1.16. The molecule has 0 aliphatic heterocycles. The molecule has 0 radical (unpaired) electrons. The molecule has 0 bridgehead atoms. The Bertz CT molecular complexity index is 387. The largest absolute Gasteiger partial charge is 0.544 e. The van der Waals surface area contributed by atoms with Crippen molar-refractivity contribution in [1.29, 1.82) is 0 Å². The van der Waals surface area contributed by atoms with E-state index in [0.717, 1.165) is 5.56 Å². The van der Waals surface area contributed by atoms with Gasteiger partial charge in [0, 0.05) is 19.0 Å². The SMILES string of the molecule is CC(=O)Nc1ccc(C[C@H]([NH3+])C(=O)[O-])cc1. The molecular formula is C11H14N2O3. The van der Waals surface area contributed by atoms with Crippen LogP contribution < -0.4 is 16.2 Å². The lowest BCUT2D eigenvalue weighted by atomic mass is 10.1. The Kier molecular flexibility index (Phi) is 4.02. The van der Waals surface area contributed by atoms with E-state index >= 15 is 0 Å². The quantitative estimate of drug-likeness (QED) is 0.652. The highest BCUT2D eigenvalue weighted by Crippen LogP contribution is 2.10. The molecule has 0 heterocycles. The maximum Gasteiger partial charge on any atom is 0.221 e. The first-order valence-corrected chi connectivity index (χ1v) is 4.89. The van der Waals surface area contributed by atoms with Gasteiger partial charge in [-0.05, 0) is 17.7 Å². The van der Waals surface area contributed by atoms with Gasteiger partial charge in [-0.2, -0.15) is 0 Å². The number of carboxylic acids is 1. The number of hydrogen-bond donors (Lipinski definition) is 2. The van der Waals surface area contributed by atoms with E-state index in [-0.39, 0.29) is 5.91 Å². The monoisotopic (exact) mass is 222 g/mol. The first-order valence-electron chi connectivity index (χ1n) is 4.89. The number of carbonyl (C=O) groups is 2. The van der Waals surface area contributed by atoms with E-state index in [1.165, 1.54) is 6.92 Å². The van der Waals surface area contributed by atoms with Crippen LogP contribution in [0.4, 0.5) is 5.69 Å². The fourth-order valence-corrected chi connectivity index (χ4v) is 1.30. The summed E-state index contributed by atoms with van der Waals surface area (Å²) in [6.07, 6.45) is 0.322. The molecule has 1 atom stereocenters. The van der Waals surface area contributed by atoms with Gasteiger partial charge in [0.1, 0.15) is 6.04 Å². The highest BCUT2D eigenvalue weighted by Gasteiger charge is 2.08. The van der Waals surface area contributed by atoms with Crippen LogP contribution in [0.15, 0.2) is 24.3 Å². The Morgan fingerprint density at radius 3 is 2.38 bits per heavy atom. The minimum Gasteiger partial charge on any atom is -0.544 e. The molecule has 0 aliphatic carbocycles. The zero-order valence-corrected chi connectivity index (χ0v) is 9.03. The van der Waals surface area contributed by atoms with E-state index in [1.807, 2.05) is 0 Å². The van der Waals surface area contributed by atoms with Crippen molar-refractivity contribution in [2.24, 2.45) is 0 Å². The van der Waals surface area contributed by atoms with Crippen LogP contribution >= 0.6 is 0 Å². The minimum absolute atomic E-state index is 0.141. The second kappa shape index (κ2) is 5.27. The number of hydrogen-bond acceptors (Lipinski definition) is 3. The summed E-state index contributed by atoms with van der Waals surface area (Å²) in [6, 6.07) is 6.20. The predicted molar refractivity (Wildman–Crippen MR) is 56.1 cm³/mol. The normalized spacial score (nSPS) is 11.9. The Labute approximate surface area is 93.3 Å². The second-order valence-corrected chi connectivity index (χ2v) is 3.60. The Balaban J connectivity index is 2.64. The average molecular weight is 222 g/mol. The van der Waals surface area contributed by atoms with Gasteiger partial charge in [-0.25, -0.2) is 0 Å². The standard InChI is InChI=1S/C11H14N2O3/c1-7(14)13-9-4-2-8(3-5-9)6-10(12)11(15)16/h2-5,10H,6,12H2,1H3,(H,13,14)(H,15,16)/t10-/m0/s1. The molecule has 86 valence electrons. The molecule has 0 fully saturated rings. The van der Waals surface area contributed by atoms with Crippen molar-refractivity contribution in [1.82, 2.24) is 0 Å². The summed E-state index contributed by atoms with van der Waals surface area (Å²) in [5, 5.41) is 13.1. The molecule has 0 spiro atoms. The molecule has 1 aromatic carbocycles. The van der Waals surface area contributed by atoms with Crippen molar-refractivity contribution in [2.75, 3.05) is 5.32 Å².